The van der Waals surface area contributed by atoms with Crippen LogP contribution >= 0.6 is 11.6 Å². The van der Waals surface area contributed by atoms with Gasteiger partial charge in [-0.2, -0.15) is 0 Å². The highest BCUT2D eigenvalue weighted by atomic mass is 35.5. The van der Waals surface area contributed by atoms with Gasteiger partial charge in [0.15, 0.2) is 0 Å². The van der Waals surface area contributed by atoms with Crippen LogP contribution in [-0.4, -0.2) is 53.9 Å². The summed E-state index contributed by atoms with van der Waals surface area (Å²) in [5.74, 6) is 0.830. The van der Waals surface area contributed by atoms with Crippen molar-refractivity contribution in [1.82, 2.24) is 9.80 Å². The lowest BCUT2D eigenvalue weighted by Crippen LogP contribution is -2.44. The van der Waals surface area contributed by atoms with Gasteiger partial charge in [-0.05, 0) is 31.0 Å². The molecule has 0 aromatic heterocycles. The van der Waals surface area contributed by atoms with Gasteiger partial charge >= 0.3 is 0 Å². The smallest absolute Gasteiger partial charge is 0.242 e. The summed E-state index contributed by atoms with van der Waals surface area (Å²) in [6, 6.07) is 7.28. The van der Waals surface area contributed by atoms with Crippen molar-refractivity contribution in [3.8, 4) is 5.75 Å². The Morgan fingerprint density at radius 1 is 1.30 bits per heavy atom. The Balaban J connectivity index is 1.50. The molecular formula is C17H21ClN2O3. The number of halogens is 1. The number of hydrogen-bond acceptors (Lipinski definition) is 3. The minimum atomic E-state index is -0.0190. The summed E-state index contributed by atoms with van der Waals surface area (Å²) >= 11 is 5.95. The van der Waals surface area contributed by atoms with Crippen LogP contribution in [0.15, 0.2) is 24.3 Å². The second kappa shape index (κ2) is 7.21. The molecule has 3 rings (SSSR count). The van der Waals surface area contributed by atoms with Gasteiger partial charge in [0.1, 0.15) is 11.9 Å². The van der Waals surface area contributed by atoms with E-state index < -0.39 is 0 Å². The zero-order chi connectivity index (χ0) is 16.2. The van der Waals surface area contributed by atoms with Crippen molar-refractivity contribution in [2.45, 2.75) is 31.8 Å². The molecule has 0 N–H and O–H groups in total. The lowest BCUT2D eigenvalue weighted by molar-refractivity contribution is -0.141. The molecular weight excluding hydrogens is 316 g/mol. The van der Waals surface area contributed by atoms with E-state index >= 15 is 0 Å². The minimum Gasteiger partial charge on any atom is -0.488 e. The summed E-state index contributed by atoms with van der Waals surface area (Å²) in [6.07, 6.45) is 3.26. The largest absolute Gasteiger partial charge is 0.488 e. The molecule has 1 aromatic rings. The minimum absolute atomic E-state index is 0.0115. The van der Waals surface area contributed by atoms with Crippen molar-refractivity contribution < 1.29 is 14.3 Å². The average Bonchev–Trinajstić information content (AvgIpc) is 2.98. The second-order valence-electron chi connectivity index (χ2n) is 6.10. The number of benzene rings is 1. The molecule has 0 spiro atoms. The summed E-state index contributed by atoms with van der Waals surface area (Å²) < 4.78 is 5.89. The van der Waals surface area contributed by atoms with E-state index in [1.807, 2.05) is 12.1 Å². The standard InChI is InChI=1S/C17H21ClN2O3/c18-13-4-3-5-14(10-13)23-15-7-9-20(11-15)17(22)12-19-8-2-1-6-16(19)21/h3-5,10,15H,1-2,6-9,11-12H2/t15-/m1/s1. The van der Waals surface area contributed by atoms with E-state index in [1.165, 1.54) is 0 Å². The Kier molecular flexibility index (Phi) is 5.06. The third-order valence-electron chi connectivity index (χ3n) is 4.34. The van der Waals surface area contributed by atoms with Gasteiger partial charge < -0.3 is 14.5 Å². The monoisotopic (exact) mass is 336 g/mol. The highest BCUT2D eigenvalue weighted by molar-refractivity contribution is 6.30. The fourth-order valence-electron chi connectivity index (χ4n) is 3.08. The molecule has 124 valence electrons. The van der Waals surface area contributed by atoms with Crippen molar-refractivity contribution in [2.24, 2.45) is 0 Å². The van der Waals surface area contributed by atoms with Gasteiger partial charge in [-0.25, -0.2) is 0 Å². The van der Waals surface area contributed by atoms with Crippen molar-refractivity contribution >= 4 is 23.4 Å². The van der Waals surface area contributed by atoms with Crippen LogP contribution in [0.25, 0.3) is 0 Å². The van der Waals surface area contributed by atoms with Crippen LogP contribution in [0.1, 0.15) is 25.7 Å². The van der Waals surface area contributed by atoms with Gasteiger partial charge in [0.05, 0.1) is 13.1 Å². The number of rotatable bonds is 4. The van der Waals surface area contributed by atoms with E-state index in [2.05, 4.69) is 0 Å². The van der Waals surface area contributed by atoms with Gasteiger partial charge in [0.2, 0.25) is 11.8 Å². The Labute approximate surface area is 141 Å². The normalized spacial score (nSPS) is 21.6. The van der Waals surface area contributed by atoms with E-state index in [0.29, 0.717) is 31.1 Å². The zero-order valence-corrected chi connectivity index (χ0v) is 13.8. The van der Waals surface area contributed by atoms with Crippen LogP contribution < -0.4 is 4.74 Å². The van der Waals surface area contributed by atoms with Gasteiger partial charge in [-0.15, -0.1) is 0 Å². The molecule has 2 fully saturated rings. The molecule has 1 aromatic carbocycles. The summed E-state index contributed by atoms with van der Waals surface area (Å²) in [5, 5.41) is 0.636. The summed E-state index contributed by atoms with van der Waals surface area (Å²) in [4.78, 5) is 27.6. The highest BCUT2D eigenvalue weighted by Crippen LogP contribution is 2.22. The molecule has 0 aliphatic carbocycles. The molecule has 1 atom stereocenters. The van der Waals surface area contributed by atoms with Crippen LogP contribution in [0.4, 0.5) is 0 Å². The van der Waals surface area contributed by atoms with Crippen LogP contribution in [0.3, 0.4) is 0 Å². The van der Waals surface area contributed by atoms with Crippen molar-refractivity contribution in [3.63, 3.8) is 0 Å². The second-order valence-corrected chi connectivity index (χ2v) is 6.53. The summed E-state index contributed by atoms with van der Waals surface area (Å²) in [6.45, 7) is 2.13. The first-order valence-corrected chi connectivity index (χ1v) is 8.47. The highest BCUT2D eigenvalue weighted by Gasteiger charge is 2.30. The zero-order valence-electron chi connectivity index (χ0n) is 13.0. The van der Waals surface area contributed by atoms with Crippen molar-refractivity contribution in [3.05, 3.63) is 29.3 Å². The third kappa shape index (κ3) is 4.16. The Bertz CT molecular complexity index is 593. The molecule has 0 unspecified atom stereocenters. The molecule has 2 amide bonds. The molecule has 2 aliphatic heterocycles. The first-order chi connectivity index (χ1) is 11.1. The van der Waals surface area contributed by atoms with E-state index in [-0.39, 0.29) is 24.5 Å². The van der Waals surface area contributed by atoms with Gasteiger partial charge in [-0.1, -0.05) is 17.7 Å². The molecule has 6 heteroatoms. The fraction of sp³-hybridized carbons (Fsp3) is 0.529. The molecule has 5 nitrogen and oxygen atoms in total. The predicted octanol–water partition coefficient (Wildman–Crippen LogP) is 2.33. The molecule has 2 aliphatic rings. The predicted molar refractivity (Wildman–Crippen MR) is 87.5 cm³/mol. The number of hydrogen-bond donors (Lipinski definition) is 0. The summed E-state index contributed by atoms with van der Waals surface area (Å²) in [5.41, 5.74) is 0. The number of piperidine rings is 1. The Morgan fingerprint density at radius 3 is 2.96 bits per heavy atom. The first-order valence-electron chi connectivity index (χ1n) is 8.09. The number of amides is 2. The lowest BCUT2D eigenvalue weighted by atomic mass is 10.1. The van der Waals surface area contributed by atoms with E-state index in [9.17, 15) is 9.59 Å². The molecule has 2 saturated heterocycles. The fourth-order valence-corrected chi connectivity index (χ4v) is 3.26. The Morgan fingerprint density at radius 2 is 2.17 bits per heavy atom. The van der Waals surface area contributed by atoms with Crippen LogP contribution in [0.2, 0.25) is 5.02 Å². The van der Waals surface area contributed by atoms with Crippen LogP contribution in [-0.2, 0) is 9.59 Å². The number of likely N-dealkylation sites (tertiary alicyclic amines) is 2. The van der Waals surface area contributed by atoms with Gasteiger partial charge in [0, 0.05) is 31.0 Å². The molecule has 0 saturated carbocycles. The maximum absolute atomic E-state index is 12.4. The number of nitrogens with zero attached hydrogens (tertiary/aromatic N) is 2. The van der Waals surface area contributed by atoms with E-state index in [4.69, 9.17) is 16.3 Å². The first kappa shape index (κ1) is 16.1. The van der Waals surface area contributed by atoms with Gasteiger partial charge in [-0.3, -0.25) is 9.59 Å². The maximum Gasteiger partial charge on any atom is 0.242 e. The molecule has 2 heterocycles. The van der Waals surface area contributed by atoms with Crippen molar-refractivity contribution in [1.29, 1.82) is 0 Å². The Hall–Kier alpha value is -1.75. The SMILES string of the molecule is O=C1CCCCN1CC(=O)N1CC[C@@H](Oc2cccc(Cl)c2)C1. The number of carbonyl (C=O) groups excluding carboxylic acids is 2. The van der Waals surface area contributed by atoms with Crippen LogP contribution in [0.5, 0.6) is 5.75 Å². The number of ether oxygens (including phenoxy) is 1. The number of carbonyl (C=O) groups is 2. The summed E-state index contributed by atoms with van der Waals surface area (Å²) in [7, 11) is 0. The average molecular weight is 337 g/mol. The quantitative estimate of drug-likeness (QED) is 0.848. The van der Waals surface area contributed by atoms with Crippen LogP contribution in [0, 0.1) is 0 Å². The maximum atomic E-state index is 12.4. The van der Waals surface area contributed by atoms with E-state index in [0.717, 1.165) is 25.0 Å². The third-order valence-corrected chi connectivity index (χ3v) is 4.58. The van der Waals surface area contributed by atoms with E-state index in [1.54, 1.807) is 21.9 Å². The lowest BCUT2D eigenvalue weighted by Gasteiger charge is -2.28. The van der Waals surface area contributed by atoms with Crippen molar-refractivity contribution in [2.75, 3.05) is 26.2 Å². The van der Waals surface area contributed by atoms with Gasteiger partial charge in [0.25, 0.3) is 0 Å². The topological polar surface area (TPSA) is 49.9 Å². The molecule has 0 radical (unpaired) electrons. The molecule has 0 bridgehead atoms. The molecule has 23 heavy (non-hydrogen) atoms.